The maximum atomic E-state index is 10.5. The van der Waals surface area contributed by atoms with Crippen LogP contribution in [-0.4, -0.2) is 18.5 Å². The number of benzene rings is 3. The molecule has 0 saturated carbocycles. The molecule has 0 aromatic heterocycles. The van der Waals surface area contributed by atoms with Crippen LogP contribution in [-0.2, 0) is 0 Å². The minimum atomic E-state index is -0.224. The second kappa shape index (κ2) is 8.24. The number of phenols is 1. The number of hydrogen-bond donors (Lipinski definition) is 3. The molecule has 158 valence electrons. The fraction of sp³-hybridized carbons (Fsp3) is 0.200. The summed E-state index contributed by atoms with van der Waals surface area (Å²) in [7, 11) is 0. The number of hydrogen-bond acceptors (Lipinski definition) is 6. The van der Waals surface area contributed by atoms with E-state index in [9.17, 15) is 5.11 Å². The molecule has 0 spiro atoms. The molecule has 6 nitrogen and oxygen atoms in total. The first-order chi connectivity index (χ1) is 15.2. The quantitative estimate of drug-likeness (QED) is 0.569. The monoisotopic (exact) mass is 416 g/mol. The van der Waals surface area contributed by atoms with E-state index in [2.05, 4.69) is 16.7 Å². The lowest BCUT2D eigenvalue weighted by Gasteiger charge is -2.34. The molecule has 2 heterocycles. The third-order valence-electron chi connectivity index (χ3n) is 5.46. The summed E-state index contributed by atoms with van der Waals surface area (Å²) >= 11 is 0. The molecule has 2 atom stereocenters. The van der Waals surface area contributed by atoms with Crippen molar-refractivity contribution in [3.63, 3.8) is 0 Å². The largest absolute Gasteiger partial charge is 0.508 e. The SMILES string of the molecule is CCOc1ccccc1C1NC(c2ccc3c(c2)OCO3)=CC(c2ccccc2O)N1. The minimum absolute atomic E-state index is 0.206. The molecule has 0 fully saturated rings. The number of fused-ring (bicyclic) bond motifs is 1. The highest BCUT2D eigenvalue weighted by molar-refractivity contribution is 5.69. The Labute approximate surface area is 181 Å². The summed E-state index contributed by atoms with van der Waals surface area (Å²) in [6.07, 6.45) is 1.85. The molecule has 5 rings (SSSR count). The Bertz CT molecular complexity index is 1130. The minimum Gasteiger partial charge on any atom is -0.508 e. The zero-order chi connectivity index (χ0) is 21.2. The summed E-state index contributed by atoms with van der Waals surface area (Å²) in [6.45, 7) is 2.79. The normalized spacial score (nSPS) is 19.5. The first kappa shape index (κ1) is 19.3. The molecule has 6 heteroatoms. The van der Waals surface area contributed by atoms with Crippen LogP contribution >= 0.6 is 0 Å². The zero-order valence-electron chi connectivity index (χ0n) is 17.2. The number of para-hydroxylation sites is 2. The highest BCUT2D eigenvalue weighted by atomic mass is 16.7. The van der Waals surface area contributed by atoms with Gasteiger partial charge in [-0.15, -0.1) is 0 Å². The van der Waals surface area contributed by atoms with Crippen molar-refractivity contribution in [3.8, 4) is 23.0 Å². The Balaban J connectivity index is 1.57. The fourth-order valence-electron chi connectivity index (χ4n) is 3.99. The van der Waals surface area contributed by atoms with Gasteiger partial charge in [0.15, 0.2) is 11.5 Å². The highest BCUT2D eigenvalue weighted by Crippen LogP contribution is 2.38. The van der Waals surface area contributed by atoms with Gasteiger partial charge in [0.25, 0.3) is 0 Å². The van der Waals surface area contributed by atoms with Crippen molar-refractivity contribution < 1.29 is 19.3 Å². The predicted molar refractivity (Wildman–Crippen MR) is 118 cm³/mol. The second-order valence-corrected chi connectivity index (χ2v) is 7.40. The van der Waals surface area contributed by atoms with Crippen LogP contribution in [0.5, 0.6) is 23.0 Å². The predicted octanol–water partition coefficient (Wildman–Crippen LogP) is 4.49. The number of rotatable bonds is 5. The van der Waals surface area contributed by atoms with E-state index in [1.54, 1.807) is 6.07 Å². The van der Waals surface area contributed by atoms with E-state index >= 15 is 0 Å². The highest BCUT2D eigenvalue weighted by Gasteiger charge is 2.28. The van der Waals surface area contributed by atoms with Gasteiger partial charge in [-0.3, -0.25) is 5.32 Å². The standard InChI is InChI=1S/C25H24N2O4/c1-2-29-22-10-6-4-8-18(22)25-26-19(16-11-12-23-24(13-16)31-15-30-23)14-20(27-25)17-7-3-5-9-21(17)28/h3-14,20,25-28H,2,15H2,1H3. The third-order valence-corrected chi connectivity index (χ3v) is 5.46. The van der Waals surface area contributed by atoms with E-state index in [1.807, 2.05) is 67.6 Å². The molecule has 0 bridgehead atoms. The Morgan fingerprint density at radius 3 is 2.58 bits per heavy atom. The molecule has 2 aliphatic heterocycles. The average Bonchev–Trinajstić information content (AvgIpc) is 3.28. The first-order valence-corrected chi connectivity index (χ1v) is 10.4. The third kappa shape index (κ3) is 3.78. The van der Waals surface area contributed by atoms with Crippen molar-refractivity contribution in [3.05, 3.63) is 89.5 Å². The van der Waals surface area contributed by atoms with Crippen LogP contribution in [0.25, 0.3) is 5.70 Å². The molecule has 2 unspecified atom stereocenters. The molecule has 31 heavy (non-hydrogen) atoms. The van der Waals surface area contributed by atoms with E-state index in [0.29, 0.717) is 6.61 Å². The Morgan fingerprint density at radius 2 is 1.74 bits per heavy atom. The van der Waals surface area contributed by atoms with Crippen molar-refractivity contribution in [2.75, 3.05) is 13.4 Å². The molecule has 0 radical (unpaired) electrons. The fourth-order valence-corrected chi connectivity index (χ4v) is 3.99. The smallest absolute Gasteiger partial charge is 0.231 e. The summed E-state index contributed by atoms with van der Waals surface area (Å²) < 4.78 is 16.9. The topological polar surface area (TPSA) is 72.0 Å². The maximum absolute atomic E-state index is 10.5. The molecule has 0 saturated heterocycles. The number of nitrogens with one attached hydrogen (secondary N) is 2. The lowest BCUT2D eigenvalue weighted by molar-refractivity contribution is 0.174. The van der Waals surface area contributed by atoms with Gasteiger partial charge in [0.2, 0.25) is 6.79 Å². The lowest BCUT2D eigenvalue weighted by Crippen LogP contribution is -2.39. The van der Waals surface area contributed by atoms with Crippen LogP contribution in [0.4, 0.5) is 0 Å². The molecule has 2 aliphatic rings. The van der Waals surface area contributed by atoms with Crippen molar-refractivity contribution in [2.45, 2.75) is 19.1 Å². The zero-order valence-corrected chi connectivity index (χ0v) is 17.2. The molecule has 0 amide bonds. The summed E-state index contributed by atoms with van der Waals surface area (Å²) in [5, 5.41) is 17.7. The van der Waals surface area contributed by atoms with Gasteiger partial charge in [0.05, 0.1) is 12.6 Å². The summed E-state index contributed by atoms with van der Waals surface area (Å²) in [5.74, 6) is 2.54. The molecule has 3 aromatic carbocycles. The van der Waals surface area contributed by atoms with Gasteiger partial charge in [-0.25, -0.2) is 0 Å². The number of aromatic hydroxyl groups is 1. The van der Waals surface area contributed by atoms with Crippen molar-refractivity contribution >= 4 is 5.70 Å². The summed E-state index contributed by atoms with van der Waals surface area (Å²) in [6, 6.07) is 21.0. The van der Waals surface area contributed by atoms with Gasteiger partial charge in [-0.1, -0.05) is 36.4 Å². The second-order valence-electron chi connectivity index (χ2n) is 7.40. The van der Waals surface area contributed by atoms with Crippen LogP contribution in [0.1, 0.15) is 35.8 Å². The van der Waals surface area contributed by atoms with Gasteiger partial charge < -0.3 is 24.6 Å². The first-order valence-electron chi connectivity index (χ1n) is 10.4. The molecule has 3 aromatic rings. The van der Waals surface area contributed by atoms with Gasteiger partial charge in [0.1, 0.15) is 17.7 Å². The van der Waals surface area contributed by atoms with E-state index in [1.165, 1.54) is 0 Å². The van der Waals surface area contributed by atoms with Gasteiger partial charge in [-0.05, 0) is 43.3 Å². The number of phenolic OH excluding ortho intramolecular Hbond substituents is 1. The maximum Gasteiger partial charge on any atom is 0.231 e. The average molecular weight is 416 g/mol. The summed E-state index contributed by atoms with van der Waals surface area (Å²) in [4.78, 5) is 0. The Hall–Kier alpha value is -3.64. The van der Waals surface area contributed by atoms with Crippen molar-refractivity contribution in [1.82, 2.24) is 10.6 Å². The van der Waals surface area contributed by atoms with Crippen molar-refractivity contribution in [2.24, 2.45) is 0 Å². The lowest BCUT2D eigenvalue weighted by atomic mass is 9.97. The molecular formula is C25H24N2O4. The van der Waals surface area contributed by atoms with Gasteiger partial charge >= 0.3 is 0 Å². The van der Waals surface area contributed by atoms with Crippen LogP contribution in [0.15, 0.2) is 72.8 Å². The molecule has 0 aliphatic carbocycles. The van der Waals surface area contributed by atoms with E-state index in [-0.39, 0.29) is 24.8 Å². The van der Waals surface area contributed by atoms with Crippen LogP contribution < -0.4 is 24.8 Å². The molecule has 3 N–H and O–H groups in total. The summed E-state index contributed by atoms with van der Waals surface area (Å²) in [5.41, 5.74) is 3.71. The van der Waals surface area contributed by atoms with Crippen molar-refractivity contribution in [1.29, 1.82) is 0 Å². The number of ether oxygens (including phenoxy) is 3. The van der Waals surface area contributed by atoms with Gasteiger partial charge in [-0.2, -0.15) is 0 Å². The van der Waals surface area contributed by atoms with E-state index in [0.717, 1.165) is 39.6 Å². The van der Waals surface area contributed by atoms with Gasteiger partial charge in [0, 0.05) is 22.4 Å². The van der Waals surface area contributed by atoms with E-state index in [4.69, 9.17) is 14.2 Å². The van der Waals surface area contributed by atoms with E-state index < -0.39 is 0 Å². The Morgan fingerprint density at radius 1 is 0.968 bits per heavy atom. The van der Waals surface area contributed by atoms with Crippen LogP contribution in [0.2, 0.25) is 0 Å². The Kier molecular flexibility index (Phi) is 5.14. The molecular weight excluding hydrogens is 392 g/mol. The van der Waals surface area contributed by atoms with Crippen LogP contribution in [0.3, 0.4) is 0 Å². The van der Waals surface area contributed by atoms with Crippen LogP contribution in [0, 0.1) is 0 Å².